The molecule has 33 heavy (non-hydrogen) atoms. The topological polar surface area (TPSA) is 23.8 Å². The molecule has 1 aliphatic carbocycles. The first-order valence-corrected chi connectivity index (χ1v) is 9.89. The molecule has 0 aromatic heterocycles. The zero-order valence-electron chi connectivity index (χ0n) is 15.4. The minimum Gasteiger partial charge on any atom is -0.225 e. The molecule has 182 valence electrons. The molecular weight excluding hydrogens is 570 g/mol. The molecule has 0 amide bonds. The lowest BCUT2D eigenvalue weighted by Crippen LogP contribution is -2.71. The van der Waals surface area contributed by atoms with Gasteiger partial charge in [0.25, 0.3) is 5.67 Å². The van der Waals surface area contributed by atoms with Crippen LogP contribution in [0.4, 0.5) is 52.7 Å². The van der Waals surface area contributed by atoms with Crippen LogP contribution >= 0.6 is 27.7 Å². The number of benzene rings is 1. The van der Waals surface area contributed by atoms with Crippen molar-refractivity contribution in [3.05, 3.63) is 56.9 Å². The maximum Gasteiger partial charge on any atom is 0.457 e. The van der Waals surface area contributed by atoms with Gasteiger partial charge in [0.1, 0.15) is 0 Å². The normalized spacial score (nSPS) is 22.2. The van der Waals surface area contributed by atoms with Crippen LogP contribution in [0.15, 0.2) is 45.8 Å². The Labute approximate surface area is 190 Å². The Bertz CT molecular complexity index is 1020. The van der Waals surface area contributed by atoms with Crippen LogP contribution in [0.25, 0.3) is 0 Å². The zero-order chi connectivity index (χ0) is 25.7. The Morgan fingerprint density at radius 3 is 1.85 bits per heavy atom. The lowest BCUT2D eigenvalue weighted by atomic mass is 9.62. The fraction of sp³-hybridized carbons (Fsp3) is 0.389. The molecule has 0 spiro atoms. The Morgan fingerprint density at radius 1 is 0.848 bits per heavy atom. The molecule has 1 nitrogen and oxygen atoms in total. The number of hydrogen-bond donors (Lipinski definition) is 0. The second-order valence-electron chi connectivity index (χ2n) is 6.68. The predicted molar refractivity (Wildman–Crippen MR) is 97.1 cm³/mol. The fourth-order valence-electron chi connectivity index (χ4n) is 3.37. The van der Waals surface area contributed by atoms with Crippen LogP contribution in [-0.2, 0) is 5.41 Å². The van der Waals surface area contributed by atoms with E-state index in [1.54, 1.807) is 0 Å². The highest BCUT2D eigenvalue weighted by Gasteiger charge is 2.87. The Morgan fingerprint density at radius 2 is 1.39 bits per heavy atom. The van der Waals surface area contributed by atoms with Crippen molar-refractivity contribution >= 4 is 27.7 Å². The van der Waals surface area contributed by atoms with E-state index in [1.165, 1.54) is 6.07 Å². The highest BCUT2D eigenvalue weighted by Crippen LogP contribution is 2.64. The van der Waals surface area contributed by atoms with Gasteiger partial charge in [-0.2, -0.15) is 53.6 Å². The van der Waals surface area contributed by atoms with E-state index in [4.69, 9.17) is 0 Å². The molecule has 0 bridgehead atoms. The minimum atomic E-state index is -7.16. The van der Waals surface area contributed by atoms with Crippen LogP contribution in [0.2, 0.25) is 0 Å². The summed E-state index contributed by atoms with van der Waals surface area (Å²) in [5.74, 6) is -7.16. The first-order valence-electron chi connectivity index (χ1n) is 8.28. The van der Waals surface area contributed by atoms with E-state index in [1.807, 2.05) is 0 Å². The van der Waals surface area contributed by atoms with Crippen molar-refractivity contribution < 1.29 is 52.7 Å². The number of alkyl halides is 12. The Kier molecular flexibility index (Phi) is 7.01. The van der Waals surface area contributed by atoms with Gasteiger partial charge in [-0.25, -0.2) is 4.39 Å². The van der Waals surface area contributed by atoms with Crippen LogP contribution in [0.1, 0.15) is 17.5 Å². The Balaban J connectivity index is 3.14. The predicted octanol–water partition coefficient (Wildman–Crippen LogP) is 8.08. The lowest BCUT2D eigenvalue weighted by Gasteiger charge is -2.48. The molecule has 1 aromatic rings. The van der Waals surface area contributed by atoms with E-state index in [9.17, 15) is 53.6 Å². The molecular formula is C18H8BrF12NS. The largest absolute Gasteiger partial charge is 0.457 e. The standard InChI is InChI=1S/C18H8BrF12NS/c19-10-5-11(33-18(29,30)31)7-13(6-10,12-4-2-1-3-9(12)8-32)14(20,16(23,24)25)15(21,22)17(26,27)28/h1-4,6-7H,5H2. The molecule has 0 radical (unpaired) electrons. The van der Waals surface area contributed by atoms with Gasteiger partial charge in [0.05, 0.1) is 17.0 Å². The molecule has 0 heterocycles. The van der Waals surface area contributed by atoms with Crippen LogP contribution in [0, 0.1) is 11.3 Å². The van der Waals surface area contributed by atoms with Gasteiger partial charge >= 0.3 is 23.8 Å². The van der Waals surface area contributed by atoms with Gasteiger partial charge in [-0.3, -0.25) is 0 Å². The average Bonchev–Trinajstić information content (AvgIpc) is 2.63. The van der Waals surface area contributed by atoms with Crippen LogP contribution in [0.3, 0.4) is 0 Å². The summed E-state index contributed by atoms with van der Waals surface area (Å²) in [6.07, 6.45) is -15.3. The fourth-order valence-corrected chi connectivity index (χ4v) is 4.99. The molecule has 2 rings (SSSR count). The van der Waals surface area contributed by atoms with E-state index in [-0.39, 0.29) is 12.2 Å². The third-order valence-corrected chi connectivity index (χ3v) is 5.87. The first-order chi connectivity index (χ1) is 14.7. The lowest BCUT2D eigenvalue weighted by molar-refractivity contribution is -0.392. The maximum atomic E-state index is 15.8. The van der Waals surface area contributed by atoms with Crippen LogP contribution < -0.4 is 0 Å². The molecule has 0 saturated carbocycles. The van der Waals surface area contributed by atoms with Crippen molar-refractivity contribution in [3.8, 4) is 6.07 Å². The molecule has 0 N–H and O–H groups in total. The van der Waals surface area contributed by atoms with Gasteiger partial charge in [-0.15, -0.1) is 0 Å². The number of allylic oxidation sites excluding steroid dienone is 4. The average molecular weight is 578 g/mol. The molecule has 0 aliphatic heterocycles. The van der Waals surface area contributed by atoms with Gasteiger partial charge in [0.2, 0.25) is 0 Å². The molecule has 2 atom stereocenters. The summed E-state index contributed by atoms with van der Waals surface area (Å²) < 4.78 is 164. The number of nitriles is 1. The maximum absolute atomic E-state index is 15.8. The molecule has 1 aromatic carbocycles. The van der Waals surface area contributed by atoms with Crippen LogP contribution in [0.5, 0.6) is 0 Å². The van der Waals surface area contributed by atoms with E-state index in [0.717, 1.165) is 12.1 Å². The van der Waals surface area contributed by atoms with Gasteiger partial charge in [0, 0.05) is 6.42 Å². The second kappa shape index (κ2) is 8.44. The first kappa shape index (κ1) is 27.4. The summed E-state index contributed by atoms with van der Waals surface area (Å²) in [7, 11) is 0. The van der Waals surface area contributed by atoms with Crippen molar-refractivity contribution in [1.29, 1.82) is 5.26 Å². The summed E-state index contributed by atoms with van der Waals surface area (Å²) in [6, 6.07) is 4.19. The van der Waals surface area contributed by atoms with E-state index >= 15 is 4.39 Å². The molecule has 1 aliphatic rings. The second-order valence-corrected chi connectivity index (χ2v) is 8.89. The summed E-state index contributed by atoms with van der Waals surface area (Å²) >= 11 is 1.41. The SMILES string of the molecule is N#Cc1ccccc1C1(C(F)(C(F)(F)F)C(F)(F)C(F)(F)F)C=C(Br)CC(SC(F)(F)F)=C1. The van der Waals surface area contributed by atoms with Gasteiger partial charge < -0.3 is 0 Å². The summed E-state index contributed by atoms with van der Waals surface area (Å²) in [6.45, 7) is 0. The number of hydrogen-bond acceptors (Lipinski definition) is 2. The van der Waals surface area contributed by atoms with Crippen molar-refractivity contribution in [2.45, 2.75) is 41.3 Å². The minimum absolute atomic E-state index is 0.0171. The number of thioether (sulfide) groups is 1. The summed E-state index contributed by atoms with van der Waals surface area (Å²) in [4.78, 5) is -1.20. The third-order valence-electron chi connectivity index (χ3n) is 4.61. The van der Waals surface area contributed by atoms with Crippen molar-refractivity contribution in [3.63, 3.8) is 0 Å². The highest BCUT2D eigenvalue weighted by atomic mass is 79.9. The van der Waals surface area contributed by atoms with E-state index in [2.05, 4.69) is 15.9 Å². The van der Waals surface area contributed by atoms with Gasteiger partial charge in [-0.05, 0) is 32.8 Å². The molecule has 0 saturated heterocycles. The van der Waals surface area contributed by atoms with Gasteiger partial charge in [0.15, 0.2) is 0 Å². The smallest absolute Gasteiger partial charge is 0.225 e. The molecule has 15 heteroatoms. The number of nitrogens with zero attached hydrogens (tertiary/aromatic N) is 1. The van der Waals surface area contributed by atoms with E-state index in [0.29, 0.717) is 12.1 Å². The van der Waals surface area contributed by atoms with Crippen molar-refractivity contribution in [2.75, 3.05) is 0 Å². The number of halogens is 13. The summed E-state index contributed by atoms with van der Waals surface area (Å²) in [5, 5.41) is 9.21. The molecule has 2 unspecified atom stereocenters. The third kappa shape index (κ3) is 4.60. The van der Waals surface area contributed by atoms with Gasteiger partial charge in [-0.1, -0.05) is 46.3 Å². The number of rotatable bonds is 4. The van der Waals surface area contributed by atoms with Crippen molar-refractivity contribution in [2.24, 2.45) is 0 Å². The Hall–Kier alpha value is -1.82. The summed E-state index contributed by atoms with van der Waals surface area (Å²) in [5.41, 5.74) is -18.3. The zero-order valence-corrected chi connectivity index (χ0v) is 17.8. The van der Waals surface area contributed by atoms with E-state index < -0.39 is 73.6 Å². The highest BCUT2D eigenvalue weighted by molar-refractivity contribution is 9.11. The van der Waals surface area contributed by atoms with Crippen molar-refractivity contribution in [1.82, 2.24) is 0 Å². The monoisotopic (exact) mass is 577 g/mol. The quantitative estimate of drug-likeness (QED) is 0.338. The van der Waals surface area contributed by atoms with Crippen LogP contribution in [-0.4, -0.2) is 29.5 Å². The molecule has 0 fully saturated rings.